The largest absolute Gasteiger partial charge is 0.493 e. The summed E-state index contributed by atoms with van der Waals surface area (Å²) in [6.07, 6.45) is 3.51. The molecule has 1 amide bonds. The monoisotopic (exact) mass is 462 g/mol. The van der Waals surface area contributed by atoms with E-state index in [-0.39, 0.29) is 12.5 Å². The summed E-state index contributed by atoms with van der Waals surface area (Å²) in [5, 5.41) is 4.75. The molecular formula is C19H19BrN4O3S. The Kier molecular flexibility index (Phi) is 6.58. The average Bonchev–Trinajstić information content (AvgIpc) is 3.03. The van der Waals surface area contributed by atoms with E-state index in [1.165, 1.54) is 11.8 Å². The Morgan fingerprint density at radius 3 is 2.71 bits per heavy atom. The van der Waals surface area contributed by atoms with Gasteiger partial charge in [-0.2, -0.15) is 5.10 Å². The van der Waals surface area contributed by atoms with Gasteiger partial charge in [-0.1, -0.05) is 39.8 Å². The van der Waals surface area contributed by atoms with Gasteiger partial charge in [0.1, 0.15) is 6.54 Å². The molecule has 0 fully saturated rings. The zero-order valence-electron chi connectivity index (χ0n) is 15.6. The first kappa shape index (κ1) is 20.2. The van der Waals surface area contributed by atoms with Crippen molar-refractivity contribution in [1.82, 2.24) is 15.0 Å². The number of carbonyl (C=O) groups is 1. The zero-order chi connectivity index (χ0) is 20.1. The summed E-state index contributed by atoms with van der Waals surface area (Å²) in [5.41, 5.74) is 4.95. The summed E-state index contributed by atoms with van der Waals surface area (Å²) in [7, 11) is 3.15. The van der Waals surface area contributed by atoms with Gasteiger partial charge in [-0.05, 0) is 24.0 Å². The van der Waals surface area contributed by atoms with E-state index in [1.54, 1.807) is 26.5 Å². The number of thioether (sulfide) groups is 1. The number of hydrogen-bond acceptors (Lipinski definition) is 6. The van der Waals surface area contributed by atoms with Gasteiger partial charge >= 0.3 is 0 Å². The lowest BCUT2D eigenvalue weighted by molar-refractivity contribution is -0.121. The number of nitrogens with one attached hydrogen (secondary N) is 1. The van der Waals surface area contributed by atoms with Crippen LogP contribution in [0.25, 0.3) is 11.0 Å². The van der Waals surface area contributed by atoms with Gasteiger partial charge in [-0.15, -0.1) is 0 Å². The molecule has 1 aromatic heterocycles. The molecule has 0 radical (unpaired) electrons. The first-order valence-electron chi connectivity index (χ1n) is 8.29. The molecule has 3 aromatic rings. The lowest BCUT2D eigenvalue weighted by Gasteiger charge is -2.09. The highest BCUT2D eigenvalue weighted by Gasteiger charge is 2.16. The summed E-state index contributed by atoms with van der Waals surface area (Å²) in [5.74, 6) is 0.919. The fraction of sp³-hybridized carbons (Fsp3) is 0.211. The number of carbonyl (C=O) groups excluding carboxylic acids is 1. The van der Waals surface area contributed by atoms with Gasteiger partial charge in [0.25, 0.3) is 5.91 Å². The summed E-state index contributed by atoms with van der Waals surface area (Å²) >= 11 is 4.86. The van der Waals surface area contributed by atoms with Gasteiger partial charge in [0, 0.05) is 16.6 Å². The first-order valence-corrected chi connectivity index (χ1v) is 10.3. The summed E-state index contributed by atoms with van der Waals surface area (Å²) in [6, 6.07) is 11.2. The van der Waals surface area contributed by atoms with E-state index in [0.717, 1.165) is 26.2 Å². The molecule has 0 aliphatic heterocycles. The van der Waals surface area contributed by atoms with Crippen LogP contribution in [-0.2, 0) is 11.3 Å². The zero-order valence-corrected chi connectivity index (χ0v) is 18.0. The number of benzene rings is 2. The molecule has 0 unspecified atom stereocenters. The van der Waals surface area contributed by atoms with Crippen molar-refractivity contribution in [3.63, 3.8) is 0 Å². The second kappa shape index (κ2) is 9.11. The van der Waals surface area contributed by atoms with Gasteiger partial charge in [0.05, 0.1) is 31.5 Å². The smallest absolute Gasteiger partial charge is 0.260 e. The summed E-state index contributed by atoms with van der Waals surface area (Å²) in [4.78, 5) is 17.0. The van der Waals surface area contributed by atoms with Crippen LogP contribution in [0.5, 0.6) is 11.5 Å². The number of methoxy groups -OCH3 is 2. The van der Waals surface area contributed by atoms with Crippen LogP contribution in [0.15, 0.2) is 51.1 Å². The van der Waals surface area contributed by atoms with Crippen LogP contribution >= 0.6 is 27.7 Å². The maximum atomic E-state index is 12.4. The second-order valence-electron chi connectivity index (χ2n) is 5.73. The van der Waals surface area contributed by atoms with Crippen molar-refractivity contribution in [3.8, 4) is 11.5 Å². The number of hydrazone groups is 1. The molecule has 146 valence electrons. The maximum absolute atomic E-state index is 12.4. The molecule has 1 heterocycles. The van der Waals surface area contributed by atoms with E-state index in [1.807, 2.05) is 41.2 Å². The molecular weight excluding hydrogens is 444 g/mol. The van der Waals surface area contributed by atoms with Crippen molar-refractivity contribution < 1.29 is 14.3 Å². The molecule has 0 aliphatic rings. The number of fused-ring (bicyclic) bond motifs is 1. The van der Waals surface area contributed by atoms with Crippen LogP contribution in [-0.4, -0.2) is 42.1 Å². The van der Waals surface area contributed by atoms with E-state index in [4.69, 9.17) is 9.47 Å². The predicted octanol–water partition coefficient (Wildman–Crippen LogP) is 3.69. The number of amides is 1. The van der Waals surface area contributed by atoms with Crippen LogP contribution < -0.4 is 14.9 Å². The molecule has 0 saturated carbocycles. The third-order valence-electron chi connectivity index (χ3n) is 3.95. The van der Waals surface area contributed by atoms with Crippen molar-refractivity contribution >= 4 is 50.8 Å². The van der Waals surface area contributed by atoms with Gasteiger partial charge in [-0.25, -0.2) is 10.4 Å². The van der Waals surface area contributed by atoms with Crippen LogP contribution in [0.1, 0.15) is 5.56 Å². The Hall–Kier alpha value is -2.52. The van der Waals surface area contributed by atoms with E-state index in [2.05, 4.69) is 31.4 Å². The van der Waals surface area contributed by atoms with Crippen molar-refractivity contribution in [3.05, 3.63) is 46.4 Å². The van der Waals surface area contributed by atoms with Gasteiger partial charge < -0.3 is 14.0 Å². The molecule has 0 saturated heterocycles. The quantitative estimate of drug-likeness (QED) is 0.329. The topological polar surface area (TPSA) is 77.7 Å². The number of nitrogens with zero attached hydrogens (tertiary/aromatic N) is 3. The molecule has 28 heavy (non-hydrogen) atoms. The van der Waals surface area contributed by atoms with Crippen LogP contribution in [0, 0.1) is 0 Å². The number of aromatic nitrogens is 2. The number of ether oxygens (including phenoxy) is 2. The molecule has 0 aliphatic carbocycles. The Morgan fingerprint density at radius 2 is 2.04 bits per heavy atom. The number of rotatable bonds is 7. The highest BCUT2D eigenvalue weighted by atomic mass is 79.9. The molecule has 3 rings (SSSR count). The molecule has 9 heteroatoms. The summed E-state index contributed by atoms with van der Waals surface area (Å²) in [6.45, 7) is 0.0813. The highest BCUT2D eigenvalue weighted by molar-refractivity contribution is 9.10. The summed E-state index contributed by atoms with van der Waals surface area (Å²) < 4.78 is 13.5. The van der Waals surface area contributed by atoms with Crippen molar-refractivity contribution in [1.29, 1.82) is 0 Å². The van der Waals surface area contributed by atoms with Crippen LogP contribution in [0.3, 0.4) is 0 Å². The predicted molar refractivity (Wildman–Crippen MR) is 114 cm³/mol. The average molecular weight is 463 g/mol. The Bertz CT molecular complexity index is 1040. The highest BCUT2D eigenvalue weighted by Crippen LogP contribution is 2.33. The number of hydrogen-bond donors (Lipinski definition) is 1. The molecule has 0 spiro atoms. The molecule has 7 nitrogen and oxygen atoms in total. The van der Waals surface area contributed by atoms with Crippen molar-refractivity contribution in [2.75, 3.05) is 20.5 Å². The Morgan fingerprint density at radius 1 is 1.29 bits per heavy atom. The fourth-order valence-electron chi connectivity index (χ4n) is 2.68. The molecule has 0 atom stereocenters. The third kappa shape index (κ3) is 4.48. The van der Waals surface area contributed by atoms with E-state index >= 15 is 0 Å². The fourth-order valence-corrected chi connectivity index (χ4v) is 3.67. The Labute approximate surface area is 175 Å². The van der Waals surface area contributed by atoms with E-state index in [9.17, 15) is 4.79 Å². The van der Waals surface area contributed by atoms with Gasteiger partial charge in [0.15, 0.2) is 16.7 Å². The number of halogens is 1. The minimum Gasteiger partial charge on any atom is -0.493 e. The standard InChI is InChI=1S/C19H19BrN4O3S/c1-26-16-8-14-15(9-17(16)27-2)24(19(22-14)28-3)11-18(25)23-21-10-12-5-4-6-13(20)7-12/h4-10H,11H2,1-3H3,(H,23,25). The van der Waals surface area contributed by atoms with Gasteiger partial charge in [0.2, 0.25) is 0 Å². The normalized spacial score (nSPS) is 11.1. The van der Waals surface area contributed by atoms with Crippen LogP contribution in [0.2, 0.25) is 0 Å². The first-order chi connectivity index (χ1) is 13.5. The molecule has 0 bridgehead atoms. The third-order valence-corrected chi connectivity index (χ3v) is 5.12. The molecule has 2 aromatic carbocycles. The minimum absolute atomic E-state index is 0.0813. The molecule has 1 N–H and O–H groups in total. The van der Waals surface area contributed by atoms with Crippen molar-refractivity contribution in [2.45, 2.75) is 11.7 Å². The second-order valence-corrected chi connectivity index (χ2v) is 7.42. The Balaban J connectivity index is 1.81. The van der Waals surface area contributed by atoms with Crippen molar-refractivity contribution in [2.24, 2.45) is 5.10 Å². The van der Waals surface area contributed by atoms with Crippen LogP contribution in [0.4, 0.5) is 0 Å². The lowest BCUT2D eigenvalue weighted by Crippen LogP contribution is -2.23. The van der Waals surface area contributed by atoms with E-state index < -0.39 is 0 Å². The number of imidazole rings is 1. The minimum atomic E-state index is -0.254. The maximum Gasteiger partial charge on any atom is 0.260 e. The SMILES string of the molecule is COc1cc2nc(SC)n(CC(=O)NN=Cc3cccc(Br)c3)c2cc1OC. The van der Waals surface area contributed by atoms with E-state index in [0.29, 0.717) is 11.5 Å². The van der Waals surface area contributed by atoms with Gasteiger partial charge in [-0.3, -0.25) is 4.79 Å². The lowest BCUT2D eigenvalue weighted by atomic mass is 10.2.